The zero-order chi connectivity index (χ0) is 16.5. The highest BCUT2D eigenvalue weighted by Crippen LogP contribution is 2.32. The molecule has 0 amide bonds. The lowest BCUT2D eigenvalue weighted by Gasteiger charge is -2.22. The second-order valence-corrected chi connectivity index (χ2v) is 7.39. The molecule has 24 heavy (non-hydrogen) atoms. The first-order chi connectivity index (χ1) is 11.7. The van der Waals surface area contributed by atoms with E-state index >= 15 is 0 Å². The molecule has 1 fully saturated rings. The number of hydrogen-bond donors (Lipinski definition) is 0. The summed E-state index contributed by atoms with van der Waals surface area (Å²) in [5.74, 6) is 0.284. The summed E-state index contributed by atoms with van der Waals surface area (Å²) in [4.78, 5) is 17.3. The minimum atomic E-state index is -0.287. The zero-order valence-corrected chi connectivity index (χ0v) is 14.2. The molecular weight excluding hydrogens is 323 g/mol. The predicted octanol–water partition coefficient (Wildman–Crippen LogP) is 4.84. The number of fused-ring (bicyclic) bond motifs is 1. The van der Waals surface area contributed by atoms with Crippen molar-refractivity contribution in [3.63, 3.8) is 0 Å². The van der Waals surface area contributed by atoms with Gasteiger partial charge in [-0.05, 0) is 24.8 Å². The summed E-state index contributed by atoms with van der Waals surface area (Å²) in [7, 11) is 0. The SMILES string of the molecule is O=c1c2scc(-c3ccccc3F)c2ncn1CC1CCCCC1. The Balaban J connectivity index is 1.73. The molecule has 4 rings (SSSR count). The highest BCUT2D eigenvalue weighted by molar-refractivity contribution is 7.17. The van der Waals surface area contributed by atoms with Gasteiger partial charge in [0.2, 0.25) is 0 Å². The van der Waals surface area contributed by atoms with Gasteiger partial charge in [0.25, 0.3) is 5.56 Å². The predicted molar refractivity (Wildman–Crippen MR) is 95.8 cm³/mol. The molecule has 1 aliphatic rings. The van der Waals surface area contributed by atoms with E-state index in [0.29, 0.717) is 27.3 Å². The first kappa shape index (κ1) is 15.5. The van der Waals surface area contributed by atoms with Crippen LogP contribution in [0.15, 0.2) is 40.8 Å². The second kappa shape index (κ2) is 6.48. The van der Waals surface area contributed by atoms with Gasteiger partial charge in [0, 0.05) is 23.1 Å². The molecule has 0 saturated heterocycles. The standard InChI is InChI=1S/C19H19FN2OS/c20-16-9-5-4-8-14(16)15-11-24-18-17(15)21-12-22(19(18)23)10-13-6-2-1-3-7-13/h4-5,8-9,11-13H,1-3,6-7,10H2. The van der Waals surface area contributed by atoms with Crippen LogP contribution in [0.3, 0.4) is 0 Å². The van der Waals surface area contributed by atoms with Crippen LogP contribution in [0.1, 0.15) is 32.1 Å². The Morgan fingerprint density at radius 3 is 2.75 bits per heavy atom. The van der Waals surface area contributed by atoms with Crippen LogP contribution >= 0.6 is 11.3 Å². The normalized spacial score (nSPS) is 15.9. The van der Waals surface area contributed by atoms with Crippen molar-refractivity contribution in [1.29, 1.82) is 0 Å². The molecule has 1 aromatic carbocycles. The number of rotatable bonds is 3. The monoisotopic (exact) mass is 342 g/mol. The highest BCUT2D eigenvalue weighted by Gasteiger charge is 2.18. The van der Waals surface area contributed by atoms with Crippen LogP contribution in [0.25, 0.3) is 21.3 Å². The number of benzene rings is 1. The first-order valence-corrected chi connectivity index (χ1v) is 9.33. The van der Waals surface area contributed by atoms with E-state index in [9.17, 15) is 9.18 Å². The zero-order valence-electron chi connectivity index (χ0n) is 13.4. The van der Waals surface area contributed by atoms with Crippen molar-refractivity contribution in [1.82, 2.24) is 9.55 Å². The topological polar surface area (TPSA) is 34.9 Å². The van der Waals surface area contributed by atoms with Crippen molar-refractivity contribution >= 4 is 21.6 Å². The molecule has 0 N–H and O–H groups in total. The molecular formula is C19H19FN2OS. The Hall–Kier alpha value is -2.01. The van der Waals surface area contributed by atoms with Gasteiger partial charge in [0.15, 0.2) is 0 Å². The molecule has 0 bridgehead atoms. The number of halogens is 1. The average Bonchev–Trinajstić information content (AvgIpc) is 3.03. The van der Waals surface area contributed by atoms with Gasteiger partial charge in [-0.15, -0.1) is 11.3 Å². The van der Waals surface area contributed by atoms with Crippen molar-refractivity contribution in [2.24, 2.45) is 5.92 Å². The van der Waals surface area contributed by atoms with Crippen LogP contribution in [0.4, 0.5) is 4.39 Å². The van der Waals surface area contributed by atoms with Crippen LogP contribution in [-0.2, 0) is 6.54 Å². The maximum absolute atomic E-state index is 14.1. The van der Waals surface area contributed by atoms with E-state index in [-0.39, 0.29) is 11.4 Å². The minimum absolute atomic E-state index is 0.00170. The summed E-state index contributed by atoms with van der Waals surface area (Å²) >= 11 is 1.36. The smallest absolute Gasteiger partial charge is 0.271 e. The molecule has 5 heteroatoms. The molecule has 0 atom stereocenters. The van der Waals surface area contributed by atoms with Gasteiger partial charge < -0.3 is 0 Å². The molecule has 1 saturated carbocycles. The Labute approximate surface area is 143 Å². The maximum atomic E-state index is 14.1. The van der Waals surface area contributed by atoms with Crippen molar-refractivity contribution in [2.75, 3.05) is 0 Å². The molecule has 3 aromatic rings. The molecule has 2 heterocycles. The lowest BCUT2D eigenvalue weighted by molar-refractivity contribution is 0.315. The van der Waals surface area contributed by atoms with E-state index in [4.69, 9.17) is 0 Å². The van der Waals surface area contributed by atoms with Crippen LogP contribution in [-0.4, -0.2) is 9.55 Å². The third kappa shape index (κ3) is 2.77. The summed E-state index contributed by atoms with van der Waals surface area (Å²) in [6, 6.07) is 6.62. The van der Waals surface area contributed by atoms with E-state index < -0.39 is 0 Å². The van der Waals surface area contributed by atoms with Crippen molar-refractivity contribution < 1.29 is 4.39 Å². The van der Waals surface area contributed by atoms with E-state index in [2.05, 4.69) is 4.98 Å². The molecule has 124 valence electrons. The third-order valence-electron chi connectivity index (χ3n) is 4.89. The number of nitrogens with zero attached hydrogens (tertiary/aromatic N) is 2. The van der Waals surface area contributed by atoms with Gasteiger partial charge in [-0.25, -0.2) is 9.37 Å². The van der Waals surface area contributed by atoms with Gasteiger partial charge in [-0.3, -0.25) is 9.36 Å². The minimum Gasteiger partial charge on any atom is -0.298 e. The lowest BCUT2D eigenvalue weighted by Crippen LogP contribution is -2.25. The summed E-state index contributed by atoms with van der Waals surface area (Å²) in [5.41, 5.74) is 1.81. The molecule has 3 nitrogen and oxygen atoms in total. The summed E-state index contributed by atoms with van der Waals surface area (Å²) in [5, 5.41) is 1.84. The van der Waals surface area contributed by atoms with Crippen LogP contribution in [0, 0.1) is 11.7 Å². The van der Waals surface area contributed by atoms with Crippen LogP contribution in [0.5, 0.6) is 0 Å². The molecule has 2 aromatic heterocycles. The van der Waals surface area contributed by atoms with E-state index in [1.165, 1.54) is 49.5 Å². The van der Waals surface area contributed by atoms with Gasteiger partial charge in [-0.2, -0.15) is 0 Å². The highest BCUT2D eigenvalue weighted by atomic mass is 32.1. The quantitative estimate of drug-likeness (QED) is 0.682. The largest absolute Gasteiger partial charge is 0.298 e. The number of thiophene rings is 1. The molecule has 0 aliphatic heterocycles. The van der Waals surface area contributed by atoms with Crippen molar-refractivity contribution in [3.05, 3.63) is 52.1 Å². The molecule has 0 radical (unpaired) electrons. The third-order valence-corrected chi connectivity index (χ3v) is 5.85. The van der Waals surface area contributed by atoms with Gasteiger partial charge in [0.1, 0.15) is 10.5 Å². The average molecular weight is 342 g/mol. The fourth-order valence-corrected chi connectivity index (χ4v) is 4.56. The van der Waals surface area contributed by atoms with E-state index in [1.54, 1.807) is 29.1 Å². The molecule has 0 spiro atoms. The number of aromatic nitrogens is 2. The first-order valence-electron chi connectivity index (χ1n) is 8.45. The fourth-order valence-electron chi connectivity index (χ4n) is 3.59. The van der Waals surface area contributed by atoms with E-state index in [1.807, 2.05) is 5.38 Å². The second-order valence-electron chi connectivity index (χ2n) is 6.51. The van der Waals surface area contributed by atoms with E-state index in [0.717, 1.165) is 6.54 Å². The van der Waals surface area contributed by atoms with Crippen LogP contribution in [0.2, 0.25) is 0 Å². The number of hydrogen-bond acceptors (Lipinski definition) is 3. The van der Waals surface area contributed by atoms with Gasteiger partial charge in [0.05, 0.1) is 11.8 Å². The Bertz CT molecular complexity index is 925. The maximum Gasteiger partial charge on any atom is 0.271 e. The molecule has 1 aliphatic carbocycles. The fraction of sp³-hybridized carbons (Fsp3) is 0.368. The van der Waals surface area contributed by atoms with Crippen molar-refractivity contribution in [3.8, 4) is 11.1 Å². The Kier molecular flexibility index (Phi) is 4.19. The lowest BCUT2D eigenvalue weighted by atomic mass is 9.89. The molecule has 0 unspecified atom stereocenters. The summed E-state index contributed by atoms with van der Waals surface area (Å²) < 4.78 is 16.4. The Morgan fingerprint density at radius 2 is 1.96 bits per heavy atom. The summed E-state index contributed by atoms with van der Waals surface area (Å²) in [6.07, 6.45) is 7.83. The summed E-state index contributed by atoms with van der Waals surface area (Å²) in [6.45, 7) is 0.745. The van der Waals surface area contributed by atoms with Gasteiger partial charge in [-0.1, -0.05) is 37.5 Å². The van der Waals surface area contributed by atoms with Crippen LogP contribution < -0.4 is 5.56 Å². The van der Waals surface area contributed by atoms with Crippen molar-refractivity contribution in [2.45, 2.75) is 38.6 Å². The van der Waals surface area contributed by atoms with Gasteiger partial charge >= 0.3 is 0 Å². The Morgan fingerprint density at radius 1 is 1.17 bits per heavy atom.